The van der Waals surface area contributed by atoms with Gasteiger partial charge in [0.25, 0.3) is 0 Å². The molecule has 10 aromatic carbocycles. The number of benzene rings is 10. The molecule has 5 heteroatoms. The van der Waals surface area contributed by atoms with Crippen molar-refractivity contribution in [2.45, 2.75) is 0 Å². The molecule has 0 unspecified atom stereocenters. The quantitative estimate of drug-likeness (QED) is 0.153. The van der Waals surface area contributed by atoms with E-state index in [0.29, 0.717) is 0 Å². The highest BCUT2D eigenvalue weighted by atomic mass is 16.5. The lowest BCUT2D eigenvalue weighted by Crippen LogP contribution is -2.10. The zero-order valence-electron chi connectivity index (χ0n) is 36.1. The number of hydrogen-bond donors (Lipinski definition) is 0. The lowest BCUT2D eigenvalue weighted by molar-refractivity contribution is 0.415. The van der Waals surface area contributed by atoms with E-state index in [1.54, 1.807) is 7.11 Å². The molecule has 0 radical (unpaired) electrons. The number of furan rings is 1. The van der Waals surface area contributed by atoms with Crippen LogP contribution in [0.2, 0.25) is 0 Å². The van der Waals surface area contributed by atoms with Gasteiger partial charge in [-0.3, -0.25) is 0 Å². The molecule has 0 N–H and O–H groups in total. The Balaban J connectivity index is 0.903. The third-order valence-electron chi connectivity index (χ3n) is 13.2. The Morgan fingerprint density at radius 2 is 0.818 bits per heavy atom. The largest absolute Gasteiger partial charge is 0.497 e. The molecule has 0 bridgehead atoms. The summed E-state index contributed by atoms with van der Waals surface area (Å²) in [5, 5.41) is 7.19. The first-order valence-electron chi connectivity index (χ1n) is 22.4. The van der Waals surface area contributed by atoms with Gasteiger partial charge in [0, 0.05) is 66.3 Å². The summed E-state index contributed by atoms with van der Waals surface area (Å²) in [6, 6.07) is 82.6. The fourth-order valence-electron chi connectivity index (χ4n) is 10.1. The van der Waals surface area contributed by atoms with Crippen LogP contribution < -0.4 is 9.64 Å². The second-order valence-corrected chi connectivity index (χ2v) is 16.9. The SMILES string of the molecule is COc1ccc(-n2c3ccccc3c3cc(-c4ccc(N(c5ccc(-c6cccc7c6oc6ccccc67)cc5)c5ccc(-n6c7ccccc7c7ccccc76)cc5)cc4)ccc32)cc1. The third-order valence-corrected chi connectivity index (χ3v) is 13.2. The lowest BCUT2D eigenvalue weighted by atomic mass is 10.0. The molecule has 5 nitrogen and oxygen atoms in total. The molecule has 0 spiro atoms. The summed E-state index contributed by atoms with van der Waals surface area (Å²) in [6.07, 6.45) is 0. The minimum atomic E-state index is 0.842. The van der Waals surface area contributed by atoms with Crippen LogP contribution in [0.1, 0.15) is 0 Å². The van der Waals surface area contributed by atoms with Gasteiger partial charge < -0.3 is 23.2 Å². The zero-order valence-corrected chi connectivity index (χ0v) is 36.1. The summed E-state index contributed by atoms with van der Waals surface area (Å²) < 4.78 is 16.6. The first-order chi connectivity index (χ1) is 32.7. The molecular weight excluding hydrogens is 807 g/mol. The van der Waals surface area contributed by atoms with Crippen LogP contribution in [-0.2, 0) is 0 Å². The standard InChI is InChI=1S/C61H41N3O2/c1-65-48-36-34-47(35-37-48)64-58-19-8-4-13-52(58)55-39-42(25-38-59(55)64)40-21-26-43(27-22-40)62(44-28-23-41(24-29-44)49-15-10-16-54-53-14-5-9-20-60(53)66-61(49)54)45-30-32-46(33-31-45)63-56-17-6-2-11-50(56)51-12-3-7-18-57(51)63/h2-39H,1H3. The Hall–Kier alpha value is -8.80. The van der Waals surface area contributed by atoms with Crippen LogP contribution in [0.25, 0.3) is 99.2 Å². The summed E-state index contributed by atoms with van der Waals surface area (Å²) in [5.41, 5.74) is 16.4. The van der Waals surface area contributed by atoms with Gasteiger partial charge in [-0.15, -0.1) is 0 Å². The summed E-state index contributed by atoms with van der Waals surface area (Å²) in [6.45, 7) is 0. The van der Waals surface area contributed by atoms with Crippen LogP contribution >= 0.6 is 0 Å². The monoisotopic (exact) mass is 847 g/mol. The number of anilines is 3. The van der Waals surface area contributed by atoms with Gasteiger partial charge in [0.1, 0.15) is 16.9 Å². The van der Waals surface area contributed by atoms with Crippen LogP contribution in [0, 0.1) is 0 Å². The van der Waals surface area contributed by atoms with Gasteiger partial charge in [0.05, 0.1) is 29.2 Å². The maximum atomic E-state index is 6.45. The van der Waals surface area contributed by atoms with E-state index >= 15 is 0 Å². The molecular formula is C61H41N3O2. The van der Waals surface area contributed by atoms with E-state index in [-0.39, 0.29) is 0 Å². The van der Waals surface area contributed by atoms with Crippen LogP contribution in [0.4, 0.5) is 17.1 Å². The molecule has 0 aliphatic rings. The smallest absolute Gasteiger partial charge is 0.143 e. The minimum Gasteiger partial charge on any atom is -0.497 e. The minimum absolute atomic E-state index is 0.842. The fourth-order valence-corrected chi connectivity index (χ4v) is 10.1. The van der Waals surface area contributed by atoms with Crippen LogP contribution in [-0.4, -0.2) is 16.2 Å². The summed E-state index contributed by atoms with van der Waals surface area (Å²) in [5.74, 6) is 0.842. The molecule has 0 atom stereocenters. The summed E-state index contributed by atoms with van der Waals surface area (Å²) >= 11 is 0. The van der Waals surface area contributed by atoms with Crippen molar-refractivity contribution in [1.82, 2.24) is 9.13 Å². The average molecular weight is 848 g/mol. The van der Waals surface area contributed by atoms with Gasteiger partial charge in [-0.2, -0.15) is 0 Å². The first-order valence-corrected chi connectivity index (χ1v) is 22.4. The molecule has 13 rings (SSSR count). The lowest BCUT2D eigenvalue weighted by Gasteiger charge is -2.26. The van der Waals surface area contributed by atoms with Crippen molar-refractivity contribution in [2.24, 2.45) is 0 Å². The van der Waals surface area contributed by atoms with Crippen molar-refractivity contribution < 1.29 is 9.15 Å². The average Bonchev–Trinajstić information content (AvgIpc) is 4.05. The molecule has 66 heavy (non-hydrogen) atoms. The molecule has 0 amide bonds. The van der Waals surface area contributed by atoms with Gasteiger partial charge in [0.15, 0.2) is 0 Å². The Morgan fingerprint density at radius 1 is 0.364 bits per heavy atom. The molecule has 312 valence electrons. The van der Waals surface area contributed by atoms with E-state index in [2.05, 4.69) is 220 Å². The molecule has 3 aromatic heterocycles. The van der Waals surface area contributed by atoms with Crippen molar-refractivity contribution in [3.05, 3.63) is 231 Å². The Labute approximate surface area is 381 Å². The highest BCUT2D eigenvalue weighted by Gasteiger charge is 2.19. The number of rotatable bonds is 8. The number of ether oxygens (including phenoxy) is 1. The normalized spacial score (nSPS) is 11.7. The van der Waals surface area contributed by atoms with E-state index < -0.39 is 0 Å². The van der Waals surface area contributed by atoms with E-state index in [1.807, 2.05) is 24.3 Å². The molecule has 0 aliphatic heterocycles. The second-order valence-electron chi connectivity index (χ2n) is 16.9. The van der Waals surface area contributed by atoms with Crippen molar-refractivity contribution >= 4 is 82.6 Å². The Morgan fingerprint density at radius 3 is 1.41 bits per heavy atom. The van der Waals surface area contributed by atoms with E-state index in [1.165, 1.54) is 38.1 Å². The predicted molar refractivity (Wildman–Crippen MR) is 275 cm³/mol. The summed E-state index contributed by atoms with van der Waals surface area (Å²) in [7, 11) is 1.70. The molecule has 0 saturated heterocycles. The van der Waals surface area contributed by atoms with Gasteiger partial charge >= 0.3 is 0 Å². The van der Waals surface area contributed by atoms with Crippen LogP contribution in [0.15, 0.2) is 235 Å². The van der Waals surface area contributed by atoms with E-state index in [9.17, 15) is 0 Å². The van der Waals surface area contributed by atoms with Crippen molar-refractivity contribution in [3.8, 4) is 39.4 Å². The zero-order chi connectivity index (χ0) is 43.7. The highest BCUT2D eigenvalue weighted by Crippen LogP contribution is 2.42. The van der Waals surface area contributed by atoms with E-state index in [4.69, 9.17) is 9.15 Å². The molecule has 0 saturated carbocycles. The number of para-hydroxylation sites is 5. The number of fused-ring (bicyclic) bond motifs is 9. The summed E-state index contributed by atoms with van der Waals surface area (Å²) in [4.78, 5) is 2.34. The first kappa shape index (κ1) is 37.7. The van der Waals surface area contributed by atoms with Crippen molar-refractivity contribution in [2.75, 3.05) is 12.0 Å². The van der Waals surface area contributed by atoms with Crippen molar-refractivity contribution in [3.63, 3.8) is 0 Å². The second kappa shape index (κ2) is 15.2. The van der Waals surface area contributed by atoms with Gasteiger partial charge in [0.2, 0.25) is 0 Å². The predicted octanol–water partition coefficient (Wildman–Crippen LogP) is 16.6. The van der Waals surface area contributed by atoms with Gasteiger partial charge in [-0.1, -0.05) is 121 Å². The Bertz CT molecular complexity index is 3900. The molecule has 3 heterocycles. The van der Waals surface area contributed by atoms with Gasteiger partial charge in [-0.05, 0) is 126 Å². The van der Waals surface area contributed by atoms with E-state index in [0.717, 1.165) is 83.9 Å². The van der Waals surface area contributed by atoms with Crippen LogP contribution in [0.3, 0.4) is 0 Å². The number of aromatic nitrogens is 2. The number of nitrogens with zero attached hydrogens (tertiary/aromatic N) is 3. The molecule has 13 aromatic rings. The maximum absolute atomic E-state index is 6.45. The molecule has 0 aliphatic carbocycles. The maximum Gasteiger partial charge on any atom is 0.143 e. The third kappa shape index (κ3) is 6.01. The van der Waals surface area contributed by atoms with Crippen LogP contribution in [0.5, 0.6) is 5.75 Å². The Kier molecular flexibility index (Phi) is 8.68. The number of methoxy groups -OCH3 is 1. The fraction of sp³-hybridized carbons (Fsp3) is 0.0164. The van der Waals surface area contributed by atoms with Gasteiger partial charge in [-0.25, -0.2) is 0 Å². The highest BCUT2D eigenvalue weighted by molar-refractivity contribution is 6.12. The molecule has 0 fully saturated rings. The van der Waals surface area contributed by atoms with Crippen molar-refractivity contribution in [1.29, 1.82) is 0 Å². The topological polar surface area (TPSA) is 35.5 Å². The number of hydrogen-bond acceptors (Lipinski definition) is 3.